The van der Waals surface area contributed by atoms with Crippen molar-refractivity contribution in [1.82, 2.24) is 20.2 Å². The van der Waals surface area contributed by atoms with Gasteiger partial charge in [-0.15, -0.1) is 0 Å². The number of nitrogens with zero attached hydrogens (tertiary/aromatic N) is 4. The highest BCUT2D eigenvalue weighted by Gasteiger charge is 2.42. The Hall–Kier alpha value is -3.37. The summed E-state index contributed by atoms with van der Waals surface area (Å²) in [6.07, 6.45) is 0.234. The third-order valence-corrected chi connectivity index (χ3v) is 5.40. The normalized spacial score (nSPS) is 22.0. The van der Waals surface area contributed by atoms with Gasteiger partial charge in [0.25, 0.3) is 0 Å². The van der Waals surface area contributed by atoms with Crippen molar-refractivity contribution in [1.29, 1.82) is 0 Å². The van der Waals surface area contributed by atoms with Gasteiger partial charge in [0, 0.05) is 16.8 Å². The molecule has 3 aromatic rings. The average Bonchev–Trinajstić information content (AvgIpc) is 3.18. The summed E-state index contributed by atoms with van der Waals surface area (Å²) in [6.45, 7) is 0.0999. The topological polar surface area (TPSA) is 108 Å². The molecule has 0 fully saturated rings. The van der Waals surface area contributed by atoms with E-state index < -0.39 is 24.0 Å². The largest absolute Gasteiger partial charge is 0.394 e. The van der Waals surface area contributed by atoms with Gasteiger partial charge in [0.1, 0.15) is 23.8 Å². The van der Waals surface area contributed by atoms with Crippen LogP contribution in [0.25, 0.3) is 0 Å². The predicted molar refractivity (Wildman–Crippen MR) is 104 cm³/mol. The Morgan fingerprint density at radius 2 is 1.90 bits per heavy atom. The maximum absolute atomic E-state index is 14.3. The second kappa shape index (κ2) is 7.15. The number of anilines is 1. The third-order valence-electron chi connectivity index (χ3n) is 5.40. The molecule has 0 saturated carbocycles. The lowest BCUT2D eigenvalue weighted by Gasteiger charge is -2.39. The van der Waals surface area contributed by atoms with E-state index in [1.165, 1.54) is 30.6 Å². The van der Waals surface area contributed by atoms with Crippen LogP contribution < -0.4 is 10.7 Å². The second-order valence-electron chi connectivity index (χ2n) is 7.16. The van der Waals surface area contributed by atoms with E-state index in [1.807, 2.05) is 0 Å². The first kappa shape index (κ1) is 18.6. The molecule has 3 unspecified atom stereocenters. The van der Waals surface area contributed by atoms with Crippen molar-refractivity contribution >= 4 is 11.4 Å². The van der Waals surface area contributed by atoms with Crippen molar-refractivity contribution in [2.24, 2.45) is 5.10 Å². The fraction of sp³-hybridized carbons (Fsp3) is 0.250. The summed E-state index contributed by atoms with van der Waals surface area (Å²) in [7, 11) is 0. The Labute approximate surface area is 169 Å². The van der Waals surface area contributed by atoms with Gasteiger partial charge in [0.2, 0.25) is 0 Å². The summed E-state index contributed by atoms with van der Waals surface area (Å²) < 4.78 is 29.4. The van der Waals surface area contributed by atoms with Crippen LogP contribution in [-0.2, 0) is 6.54 Å². The second-order valence-corrected chi connectivity index (χ2v) is 7.16. The molecule has 0 aliphatic carbocycles. The van der Waals surface area contributed by atoms with Gasteiger partial charge in [-0.2, -0.15) is 10.2 Å². The van der Waals surface area contributed by atoms with Crippen LogP contribution in [0.3, 0.4) is 0 Å². The fourth-order valence-electron chi connectivity index (χ4n) is 4.13. The van der Waals surface area contributed by atoms with Gasteiger partial charge >= 0.3 is 0 Å². The van der Waals surface area contributed by atoms with Crippen molar-refractivity contribution in [2.75, 3.05) is 11.9 Å². The number of halogens is 2. The number of aliphatic hydroxyl groups excluding tert-OH is 2. The fourth-order valence-corrected chi connectivity index (χ4v) is 4.13. The predicted octanol–water partition coefficient (Wildman–Crippen LogP) is 1.80. The van der Waals surface area contributed by atoms with Gasteiger partial charge in [-0.05, 0) is 29.8 Å². The number of nitrogens with one attached hydrogen (secondary N) is 2. The standard InChI is InChI=1S/C20H18F2N6O2/c21-11-3-1-10(2-4-11)17-16(19-23-9-24-28(19)5-6-29)18-15-13(20(30)27-26-18)7-12(22)8-14(15)25-17/h1-4,7-9,16-17,20,25,27,29-30H,5-6H2. The number of rotatable bonds is 4. The van der Waals surface area contributed by atoms with Crippen molar-refractivity contribution in [2.45, 2.75) is 24.7 Å². The smallest absolute Gasteiger partial charge is 0.166 e. The van der Waals surface area contributed by atoms with Crippen molar-refractivity contribution in [3.63, 3.8) is 0 Å². The van der Waals surface area contributed by atoms with E-state index in [-0.39, 0.29) is 19.0 Å². The molecule has 10 heteroatoms. The van der Waals surface area contributed by atoms with Crippen molar-refractivity contribution in [3.8, 4) is 0 Å². The van der Waals surface area contributed by atoms with Crippen LogP contribution >= 0.6 is 0 Å². The highest BCUT2D eigenvalue weighted by Crippen LogP contribution is 2.45. The quantitative estimate of drug-likeness (QED) is 0.521. The highest BCUT2D eigenvalue weighted by molar-refractivity contribution is 6.12. The van der Waals surface area contributed by atoms with Gasteiger partial charge in [0.15, 0.2) is 6.23 Å². The first-order valence-corrected chi connectivity index (χ1v) is 9.42. The summed E-state index contributed by atoms with van der Waals surface area (Å²) in [6, 6.07) is 8.13. The lowest BCUT2D eigenvalue weighted by molar-refractivity contribution is 0.137. The molecule has 0 bridgehead atoms. The molecule has 0 amide bonds. The van der Waals surface area contributed by atoms with Gasteiger partial charge in [-0.25, -0.2) is 18.4 Å². The summed E-state index contributed by atoms with van der Waals surface area (Å²) in [5.41, 5.74) is 5.34. The molecule has 0 spiro atoms. The summed E-state index contributed by atoms with van der Waals surface area (Å²) in [4.78, 5) is 4.39. The van der Waals surface area contributed by atoms with E-state index in [2.05, 4.69) is 25.9 Å². The number of aliphatic hydroxyl groups is 2. The van der Waals surface area contributed by atoms with Crippen LogP contribution in [0.2, 0.25) is 0 Å². The minimum atomic E-state index is -1.15. The van der Waals surface area contributed by atoms with E-state index in [9.17, 15) is 19.0 Å². The maximum Gasteiger partial charge on any atom is 0.166 e. The Kier molecular flexibility index (Phi) is 4.44. The maximum atomic E-state index is 14.3. The van der Waals surface area contributed by atoms with E-state index in [1.54, 1.807) is 16.8 Å². The molecular formula is C20H18F2N6O2. The molecule has 3 heterocycles. The van der Waals surface area contributed by atoms with Gasteiger partial charge in [-0.3, -0.25) is 5.43 Å². The minimum absolute atomic E-state index is 0.131. The van der Waals surface area contributed by atoms with Gasteiger partial charge in [0.05, 0.1) is 30.8 Å². The third kappa shape index (κ3) is 2.92. The average molecular weight is 412 g/mol. The van der Waals surface area contributed by atoms with Crippen LogP contribution in [0.1, 0.15) is 40.7 Å². The molecule has 0 radical (unpaired) electrons. The van der Waals surface area contributed by atoms with Crippen LogP contribution in [0, 0.1) is 11.6 Å². The number of hydrogen-bond acceptors (Lipinski definition) is 7. The van der Waals surface area contributed by atoms with Crippen molar-refractivity contribution < 1.29 is 19.0 Å². The molecule has 8 nitrogen and oxygen atoms in total. The number of hydrogen-bond donors (Lipinski definition) is 4. The molecule has 1 aromatic heterocycles. The number of hydrazone groups is 1. The minimum Gasteiger partial charge on any atom is -0.394 e. The zero-order chi connectivity index (χ0) is 20.8. The molecule has 2 aliphatic rings. The zero-order valence-corrected chi connectivity index (χ0v) is 15.6. The Bertz CT molecular complexity index is 1130. The Morgan fingerprint density at radius 3 is 2.67 bits per heavy atom. The molecule has 154 valence electrons. The molecule has 0 saturated heterocycles. The first-order chi connectivity index (χ1) is 14.6. The number of benzene rings is 2. The monoisotopic (exact) mass is 412 g/mol. The van der Waals surface area contributed by atoms with E-state index in [0.717, 1.165) is 5.56 Å². The summed E-state index contributed by atoms with van der Waals surface area (Å²) in [5.74, 6) is -0.842. The molecule has 5 rings (SSSR count). The van der Waals surface area contributed by atoms with E-state index in [4.69, 9.17) is 0 Å². The van der Waals surface area contributed by atoms with Crippen LogP contribution in [0.4, 0.5) is 14.5 Å². The van der Waals surface area contributed by atoms with Gasteiger partial charge in [-0.1, -0.05) is 12.1 Å². The van der Waals surface area contributed by atoms with Crippen LogP contribution in [-0.4, -0.2) is 37.3 Å². The molecular weight excluding hydrogens is 394 g/mol. The first-order valence-electron chi connectivity index (χ1n) is 9.42. The lowest BCUT2D eigenvalue weighted by Crippen LogP contribution is -2.39. The molecule has 3 atom stereocenters. The molecule has 4 N–H and O–H groups in total. The van der Waals surface area contributed by atoms with E-state index in [0.29, 0.717) is 28.4 Å². The summed E-state index contributed by atoms with van der Waals surface area (Å²) >= 11 is 0. The SMILES string of the molecule is OCCn1ncnc1C1C2=NNC(O)c3cc(F)cc(c32)NC1c1ccc(F)cc1. The molecule has 2 aliphatic heterocycles. The number of aromatic nitrogens is 3. The zero-order valence-electron chi connectivity index (χ0n) is 15.6. The Morgan fingerprint density at radius 1 is 1.10 bits per heavy atom. The van der Waals surface area contributed by atoms with Gasteiger partial charge < -0.3 is 15.5 Å². The van der Waals surface area contributed by atoms with E-state index >= 15 is 0 Å². The Balaban J connectivity index is 1.73. The highest BCUT2D eigenvalue weighted by atomic mass is 19.1. The van der Waals surface area contributed by atoms with Crippen LogP contribution in [0.5, 0.6) is 0 Å². The van der Waals surface area contributed by atoms with Crippen LogP contribution in [0.15, 0.2) is 47.8 Å². The molecule has 30 heavy (non-hydrogen) atoms. The lowest BCUT2D eigenvalue weighted by atomic mass is 9.79. The molecule has 2 aromatic carbocycles. The summed E-state index contributed by atoms with van der Waals surface area (Å²) in [5, 5.41) is 31.6. The van der Waals surface area contributed by atoms with Crippen molar-refractivity contribution in [3.05, 3.63) is 76.9 Å².